The van der Waals surface area contributed by atoms with Crippen LogP contribution in [0.25, 0.3) is 0 Å². The molecule has 1 N–H and O–H groups in total. The summed E-state index contributed by atoms with van der Waals surface area (Å²) in [5.74, 6) is -0.279. The summed E-state index contributed by atoms with van der Waals surface area (Å²) in [5, 5.41) is 13.7. The van der Waals surface area contributed by atoms with E-state index in [4.69, 9.17) is 0 Å². The molecule has 0 atom stereocenters. The number of amides is 2. The van der Waals surface area contributed by atoms with Crippen molar-refractivity contribution < 1.29 is 14.5 Å². The predicted molar refractivity (Wildman–Crippen MR) is 98.6 cm³/mol. The number of nitro benzene ring substituents is 1. The quantitative estimate of drug-likeness (QED) is 0.673. The number of hydrogen-bond donors (Lipinski definition) is 1. The fourth-order valence-electron chi connectivity index (χ4n) is 3.08. The van der Waals surface area contributed by atoms with Gasteiger partial charge in [0.25, 0.3) is 11.6 Å². The Morgan fingerprint density at radius 3 is 2.69 bits per heavy atom. The second kappa shape index (κ2) is 6.95. The molecule has 0 fully saturated rings. The van der Waals surface area contributed by atoms with Crippen molar-refractivity contribution in [3.8, 4) is 0 Å². The number of aryl methyl sites for hydroxylation is 1. The topological polar surface area (TPSA) is 92.6 Å². The van der Waals surface area contributed by atoms with Gasteiger partial charge in [-0.25, -0.2) is 0 Å². The van der Waals surface area contributed by atoms with E-state index < -0.39 is 4.92 Å². The van der Waals surface area contributed by atoms with Crippen LogP contribution in [0.5, 0.6) is 0 Å². The van der Waals surface area contributed by atoms with Gasteiger partial charge in [0.15, 0.2) is 0 Å². The SMILES string of the molecule is CCC(=O)N1CCc2cc(C(=O)Nc3ccc(C)c([N+](=O)[O-])c3)ccc21. The minimum atomic E-state index is -0.473. The minimum absolute atomic E-state index is 0.0366. The number of hydrogen-bond acceptors (Lipinski definition) is 4. The first-order valence-corrected chi connectivity index (χ1v) is 8.40. The van der Waals surface area contributed by atoms with Crippen LogP contribution >= 0.6 is 0 Å². The van der Waals surface area contributed by atoms with Gasteiger partial charge in [-0.2, -0.15) is 0 Å². The number of rotatable bonds is 4. The van der Waals surface area contributed by atoms with E-state index in [0.29, 0.717) is 36.2 Å². The van der Waals surface area contributed by atoms with Gasteiger partial charge in [0.2, 0.25) is 5.91 Å². The van der Waals surface area contributed by atoms with E-state index >= 15 is 0 Å². The summed E-state index contributed by atoms with van der Waals surface area (Å²) in [6.07, 6.45) is 1.14. The fourth-order valence-corrected chi connectivity index (χ4v) is 3.08. The van der Waals surface area contributed by atoms with E-state index in [1.54, 1.807) is 42.2 Å². The van der Waals surface area contributed by atoms with Crippen LogP contribution in [0.2, 0.25) is 0 Å². The van der Waals surface area contributed by atoms with Gasteiger partial charge < -0.3 is 10.2 Å². The molecular weight excluding hydrogens is 334 g/mol. The van der Waals surface area contributed by atoms with Crippen LogP contribution in [0.15, 0.2) is 36.4 Å². The van der Waals surface area contributed by atoms with Crippen molar-refractivity contribution >= 4 is 28.9 Å². The van der Waals surface area contributed by atoms with Crippen LogP contribution < -0.4 is 10.2 Å². The number of carbonyl (C=O) groups excluding carboxylic acids is 2. The number of anilines is 2. The molecule has 134 valence electrons. The van der Waals surface area contributed by atoms with Crippen molar-refractivity contribution in [2.75, 3.05) is 16.8 Å². The second-order valence-electron chi connectivity index (χ2n) is 6.20. The lowest BCUT2D eigenvalue weighted by molar-refractivity contribution is -0.385. The molecule has 2 aromatic rings. The van der Waals surface area contributed by atoms with Crippen LogP contribution in [0.1, 0.15) is 34.8 Å². The highest BCUT2D eigenvalue weighted by atomic mass is 16.6. The molecule has 26 heavy (non-hydrogen) atoms. The Labute approximate surface area is 150 Å². The fraction of sp³-hybridized carbons (Fsp3) is 0.263. The van der Waals surface area contributed by atoms with Gasteiger partial charge >= 0.3 is 0 Å². The number of fused-ring (bicyclic) bond motifs is 1. The largest absolute Gasteiger partial charge is 0.322 e. The number of carbonyl (C=O) groups is 2. The molecule has 0 aromatic heterocycles. The molecule has 0 saturated carbocycles. The third-order valence-electron chi connectivity index (χ3n) is 4.50. The molecule has 3 rings (SSSR count). The summed E-state index contributed by atoms with van der Waals surface area (Å²) in [6.45, 7) is 4.09. The molecule has 7 nitrogen and oxygen atoms in total. The van der Waals surface area contributed by atoms with Crippen molar-refractivity contribution in [1.82, 2.24) is 0 Å². The van der Waals surface area contributed by atoms with E-state index in [1.807, 2.05) is 6.92 Å². The Morgan fingerprint density at radius 1 is 1.23 bits per heavy atom. The average Bonchev–Trinajstić information content (AvgIpc) is 3.05. The van der Waals surface area contributed by atoms with E-state index in [9.17, 15) is 19.7 Å². The van der Waals surface area contributed by atoms with Gasteiger partial charge in [0.1, 0.15) is 0 Å². The number of benzene rings is 2. The summed E-state index contributed by atoms with van der Waals surface area (Å²) >= 11 is 0. The number of nitrogens with one attached hydrogen (secondary N) is 1. The summed E-state index contributed by atoms with van der Waals surface area (Å²) in [7, 11) is 0. The molecule has 1 heterocycles. The van der Waals surface area contributed by atoms with E-state index in [2.05, 4.69) is 5.32 Å². The summed E-state index contributed by atoms with van der Waals surface area (Å²) < 4.78 is 0. The van der Waals surface area contributed by atoms with Gasteiger partial charge in [-0.15, -0.1) is 0 Å². The Balaban J connectivity index is 1.81. The van der Waals surface area contributed by atoms with Crippen molar-refractivity contribution in [1.29, 1.82) is 0 Å². The van der Waals surface area contributed by atoms with Gasteiger partial charge in [-0.05, 0) is 43.2 Å². The smallest absolute Gasteiger partial charge is 0.274 e. The minimum Gasteiger partial charge on any atom is -0.322 e. The van der Waals surface area contributed by atoms with Crippen LogP contribution in [0.4, 0.5) is 17.1 Å². The Hall–Kier alpha value is -3.22. The zero-order valence-electron chi connectivity index (χ0n) is 14.6. The first-order valence-electron chi connectivity index (χ1n) is 8.40. The van der Waals surface area contributed by atoms with Crippen molar-refractivity contribution in [2.45, 2.75) is 26.7 Å². The highest BCUT2D eigenvalue weighted by Gasteiger charge is 2.24. The van der Waals surface area contributed by atoms with E-state index in [0.717, 1.165) is 11.3 Å². The summed E-state index contributed by atoms with van der Waals surface area (Å²) in [4.78, 5) is 36.7. The monoisotopic (exact) mass is 353 g/mol. The van der Waals surface area contributed by atoms with Gasteiger partial charge in [-0.1, -0.05) is 13.0 Å². The molecule has 0 aliphatic carbocycles. The molecule has 0 unspecified atom stereocenters. The first kappa shape index (κ1) is 17.6. The molecule has 0 saturated heterocycles. The predicted octanol–water partition coefficient (Wildman–Crippen LogP) is 3.45. The highest BCUT2D eigenvalue weighted by molar-refractivity contribution is 6.05. The van der Waals surface area contributed by atoms with Crippen LogP contribution in [0.3, 0.4) is 0 Å². The first-order chi connectivity index (χ1) is 12.4. The molecule has 2 aromatic carbocycles. The Bertz CT molecular complexity index is 908. The number of nitro groups is 1. The van der Waals surface area contributed by atoms with Crippen molar-refractivity contribution in [3.63, 3.8) is 0 Å². The lowest BCUT2D eigenvalue weighted by Gasteiger charge is -2.16. The zero-order valence-corrected chi connectivity index (χ0v) is 14.6. The van der Waals surface area contributed by atoms with Crippen LogP contribution in [-0.4, -0.2) is 23.3 Å². The van der Waals surface area contributed by atoms with E-state index in [1.165, 1.54) is 6.07 Å². The standard InChI is InChI=1S/C19H19N3O4/c1-3-18(23)21-9-8-13-10-14(5-7-16(13)21)19(24)20-15-6-4-12(2)17(11-15)22(25)26/h4-7,10-11H,3,8-9H2,1-2H3,(H,20,24). The van der Waals surface area contributed by atoms with Gasteiger partial charge in [0.05, 0.1) is 4.92 Å². The zero-order chi connectivity index (χ0) is 18.8. The normalized spacial score (nSPS) is 12.6. The molecule has 7 heteroatoms. The van der Waals surface area contributed by atoms with Gasteiger partial charge in [0, 0.05) is 41.5 Å². The average molecular weight is 353 g/mol. The molecule has 1 aliphatic rings. The summed E-state index contributed by atoms with van der Waals surface area (Å²) in [5.41, 5.74) is 3.12. The lowest BCUT2D eigenvalue weighted by atomic mass is 10.1. The maximum atomic E-state index is 12.5. The molecule has 0 radical (unpaired) electrons. The molecular formula is C19H19N3O4. The molecule has 0 bridgehead atoms. The maximum absolute atomic E-state index is 12.5. The summed E-state index contributed by atoms with van der Waals surface area (Å²) in [6, 6.07) is 9.80. The second-order valence-corrected chi connectivity index (χ2v) is 6.20. The molecule has 0 spiro atoms. The maximum Gasteiger partial charge on any atom is 0.274 e. The third-order valence-corrected chi connectivity index (χ3v) is 4.50. The van der Waals surface area contributed by atoms with E-state index in [-0.39, 0.29) is 17.5 Å². The van der Waals surface area contributed by atoms with Crippen molar-refractivity contribution in [2.24, 2.45) is 0 Å². The Kier molecular flexibility index (Phi) is 4.71. The third kappa shape index (κ3) is 3.28. The highest BCUT2D eigenvalue weighted by Crippen LogP contribution is 2.30. The van der Waals surface area contributed by atoms with Crippen molar-refractivity contribution in [3.05, 3.63) is 63.2 Å². The van der Waals surface area contributed by atoms with Gasteiger partial charge in [-0.3, -0.25) is 19.7 Å². The van der Waals surface area contributed by atoms with Crippen LogP contribution in [0, 0.1) is 17.0 Å². The Morgan fingerprint density at radius 2 is 2.00 bits per heavy atom. The molecule has 1 aliphatic heterocycles. The lowest BCUT2D eigenvalue weighted by Crippen LogP contribution is -2.27. The molecule has 2 amide bonds. The van der Waals surface area contributed by atoms with Crippen LogP contribution in [-0.2, 0) is 11.2 Å². The number of nitrogens with zero attached hydrogens (tertiary/aromatic N) is 2.